The van der Waals surface area contributed by atoms with Gasteiger partial charge in [0.05, 0.1) is 17.0 Å². The number of carbonyl (C=O) groups excluding carboxylic acids is 1. The standard InChI is InChI=1S/C14H15FN2O4/c1-14(2,3)21-13(18)16-8-4-5-10-9-11(17(19)20)6-7-12(10)15/h6-7,9H,8H2,1-3H3,(H,16,18). The number of nitrogens with one attached hydrogen (secondary N) is 1. The topological polar surface area (TPSA) is 81.5 Å². The van der Waals surface area contributed by atoms with Crippen LogP contribution in [-0.2, 0) is 4.74 Å². The van der Waals surface area contributed by atoms with Gasteiger partial charge in [0.15, 0.2) is 0 Å². The van der Waals surface area contributed by atoms with E-state index in [1.807, 2.05) is 0 Å². The number of amides is 1. The van der Waals surface area contributed by atoms with E-state index in [9.17, 15) is 19.3 Å². The highest BCUT2D eigenvalue weighted by Crippen LogP contribution is 2.15. The predicted molar refractivity (Wildman–Crippen MR) is 74.2 cm³/mol. The first-order valence-electron chi connectivity index (χ1n) is 6.09. The Hall–Kier alpha value is -2.62. The summed E-state index contributed by atoms with van der Waals surface area (Å²) in [6, 6.07) is 3.07. The molecule has 1 aromatic rings. The largest absolute Gasteiger partial charge is 0.444 e. The number of nitrogens with zero attached hydrogens (tertiary/aromatic N) is 1. The van der Waals surface area contributed by atoms with Crippen LogP contribution in [0.5, 0.6) is 0 Å². The van der Waals surface area contributed by atoms with Crippen LogP contribution in [0.1, 0.15) is 26.3 Å². The molecule has 1 aromatic carbocycles. The van der Waals surface area contributed by atoms with Crippen LogP contribution >= 0.6 is 0 Å². The molecule has 0 fully saturated rings. The van der Waals surface area contributed by atoms with Crippen molar-refractivity contribution in [2.24, 2.45) is 0 Å². The van der Waals surface area contributed by atoms with Crippen LogP contribution < -0.4 is 5.32 Å². The molecule has 0 heterocycles. The zero-order valence-corrected chi connectivity index (χ0v) is 11.9. The van der Waals surface area contributed by atoms with Gasteiger partial charge in [0.25, 0.3) is 5.69 Å². The number of carbonyl (C=O) groups is 1. The molecule has 0 unspecified atom stereocenters. The quantitative estimate of drug-likeness (QED) is 0.516. The van der Waals surface area contributed by atoms with E-state index < -0.39 is 22.4 Å². The fraction of sp³-hybridized carbons (Fsp3) is 0.357. The maximum absolute atomic E-state index is 13.4. The predicted octanol–water partition coefficient (Wildman–Crippen LogP) is 2.61. The van der Waals surface area contributed by atoms with Gasteiger partial charge in [0.2, 0.25) is 0 Å². The first-order chi connectivity index (χ1) is 9.69. The fourth-order valence-electron chi connectivity index (χ4n) is 1.29. The number of rotatable bonds is 2. The van der Waals surface area contributed by atoms with Crippen molar-refractivity contribution in [3.63, 3.8) is 0 Å². The lowest BCUT2D eigenvalue weighted by Gasteiger charge is -2.18. The summed E-state index contributed by atoms with van der Waals surface area (Å²) < 4.78 is 18.4. The summed E-state index contributed by atoms with van der Waals surface area (Å²) in [4.78, 5) is 21.3. The van der Waals surface area contributed by atoms with Crippen molar-refractivity contribution >= 4 is 11.8 Å². The molecule has 0 radical (unpaired) electrons. The van der Waals surface area contributed by atoms with E-state index in [0.717, 1.165) is 18.2 Å². The normalized spacial score (nSPS) is 10.3. The van der Waals surface area contributed by atoms with Crippen LogP contribution in [0.4, 0.5) is 14.9 Å². The van der Waals surface area contributed by atoms with Gasteiger partial charge in [-0.1, -0.05) is 11.8 Å². The van der Waals surface area contributed by atoms with Crippen molar-refractivity contribution < 1.29 is 18.8 Å². The lowest BCUT2D eigenvalue weighted by atomic mass is 10.2. The Labute approximate surface area is 121 Å². The summed E-state index contributed by atoms with van der Waals surface area (Å²) >= 11 is 0. The van der Waals surface area contributed by atoms with Gasteiger partial charge in [-0.25, -0.2) is 9.18 Å². The van der Waals surface area contributed by atoms with Crippen molar-refractivity contribution in [1.29, 1.82) is 0 Å². The Morgan fingerprint density at radius 2 is 2.14 bits per heavy atom. The fourth-order valence-corrected chi connectivity index (χ4v) is 1.29. The molecular weight excluding hydrogens is 279 g/mol. The molecule has 0 aliphatic rings. The Morgan fingerprint density at radius 3 is 2.71 bits per heavy atom. The number of hydrogen-bond donors (Lipinski definition) is 1. The molecule has 0 aromatic heterocycles. The summed E-state index contributed by atoms with van der Waals surface area (Å²) in [6.07, 6.45) is -0.642. The molecule has 0 bridgehead atoms. The molecule has 0 atom stereocenters. The van der Waals surface area contributed by atoms with Crippen molar-refractivity contribution in [3.8, 4) is 11.8 Å². The second-order valence-electron chi connectivity index (χ2n) is 5.08. The molecule has 6 nitrogen and oxygen atoms in total. The van der Waals surface area contributed by atoms with Gasteiger partial charge >= 0.3 is 6.09 Å². The number of alkyl carbamates (subject to hydrolysis) is 1. The van der Waals surface area contributed by atoms with E-state index >= 15 is 0 Å². The average molecular weight is 294 g/mol. The molecule has 1 rings (SSSR count). The summed E-state index contributed by atoms with van der Waals surface area (Å²) in [6.45, 7) is 5.10. The number of non-ortho nitro benzene ring substituents is 1. The molecule has 1 N–H and O–H groups in total. The molecule has 0 saturated carbocycles. The second-order valence-corrected chi connectivity index (χ2v) is 5.08. The third-order valence-electron chi connectivity index (χ3n) is 2.10. The SMILES string of the molecule is CC(C)(C)OC(=O)NCC#Cc1cc([N+](=O)[O-])ccc1F. The van der Waals surface area contributed by atoms with E-state index in [1.54, 1.807) is 20.8 Å². The third-order valence-corrected chi connectivity index (χ3v) is 2.10. The van der Waals surface area contributed by atoms with Crippen molar-refractivity contribution in [2.45, 2.75) is 26.4 Å². The Bertz CT molecular complexity index is 612. The van der Waals surface area contributed by atoms with Crippen molar-refractivity contribution in [2.75, 3.05) is 6.54 Å². The Balaban J connectivity index is 2.65. The van der Waals surface area contributed by atoms with E-state index in [0.29, 0.717) is 0 Å². The van der Waals surface area contributed by atoms with Crippen LogP contribution in [-0.4, -0.2) is 23.2 Å². The molecule has 0 spiro atoms. The zero-order chi connectivity index (χ0) is 16.0. The van der Waals surface area contributed by atoms with Crippen molar-refractivity contribution in [1.82, 2.24) is 5.32 Å². The summed E-state index contributed by atoms with van der Waals surface area (Å²) in [5.41, 5.74) is -0.972. The average Bonchev–Trinajstić information content (AvgIpc) is 2.34. The zero-order valence-electron chi connectivity index (χ0n) is 11.9. The number of nitro benzene ring substituents is 1. The minimum Gasteiger partial charge on any atom is -0.444 e. The van der Waals surface area contributed by atoms with Crippen LogP contribution in [0.15, 0.2) is 18.2 Å². The van der Waals surface area contributed by atoms with Gasteiger partial charge in [-0.2, -0.15) is 0 Å². The van der Waals surface area contributed by atoms with Crippen molar-refractivity contribution in [3.05, 3.63) is 39.7 Å². The van der Waals surface area contributed by atoms with E-state index in [4.69, 9.17) is 4.74 Å². The molecule has 21 heavy (non-hydrogen) atoms. The molecule has 112 valence electrons. The Morgan fingerprint density at radius 1 is 1.48 bits per heavy atom. The third kappa shape index (κ3) is 5.91. The van der Waals surface area contributed by atoms with Gasteiger partial charge in [0, 0.05) is 12.1 Å². The maximum atomic E-state index is 13.4. The van der Waals surface area contributed by atoms with Gasteiger partial charge in [0.1, 0.15) is 11.4 Å². The van der Waals surface area contributed by atoms with Gasteiger partial charge in [-0.15, -0.1) is 0 Å². The smallest absolute Gasteiger partial charge is 0.408 e. The summed E-state index contributed by atoms with van der Waals surface area (Å²) in [5.74, 6) is 4.27. The van der Waals surface area contributed by atoms with Crippen LogP contribution in [0, 0.1) is 27.8 Å². The minimum atomic E-state index is -0.662. The first-order valence-corrected chi connectivity index (χ1v) is 6.09. The number of nitro groups is 1. The van der Waals surface area contributed by atoms with E-state index in [2.05, 4.69) is 17.2 Å². The van der Waals surface area contributed by atoms with Crippen LogP contribution in [0.3, 0.4) is 0 Å². The highest BCUT2D eigenvalue weighted by atomic mass is 19.1. The molecule has 0 saturated heterocycles. The van der Waals surface area contributed by atoms with Crippen LogP contribution in [0.2, 0.25) is 0 Å². The summed E-state index contributed by atoms with van der Waals surface area (Å²) in [7, 11) is 0. The van der Waals surface area contributed by atoms with Gasteiger partial charge in [-0.05, 0) is 26.8 Å². The maximum Gasteiger partial charge on any atom is 0.408 e. The molecule has 0 aliphatic heterocycles. The molecule has 7 heteroatoms. The van der Waals surface area contributed by atoms with Crippen LogP contribution in [0.25, 0.3) is 0 Å². The first kappa shape index (κ1) is 16.4. The highest BCUT2D eigenvalue weighted by Gasteiger charge is 2.15. The van der Waals surface area contributed by atoms with E-state index in [1.165, 1.54) is 0 Å². The second kappa shape index (κ2) is 6.70. The monoisotopic (exact) mass is 294 g/mol. The number of benzene rings is 1. The highest BCUT2D eigenvalue weighted by molar-refractivity contribution is 5.68. The molecule has 0 aliphatic carbocycles. The number of hydrogen-bond acceptors (Lipinski definition) is 4. The minimum absolute atomic E-state index is 0.0585. The molecule has 1 amide bonds. The lowest BCUT2D eigenvalue weighted by molar-refractivity contribution is -0.384. The van der Waals surface area contributed by atoms with Gasteiger partial charge in [-0.3, -0.25) is 10.1 Å². The summed E-state index contributed by atoms with van der Waals surface area (Å²) in [5, 5.41) is 13.0. The number of ether oxygens (including phenoxy) is 1. The lowest BCUT2D eigenvalue weighted by Crippen LogP contribution is -2.32. The van der Waals surface area contributed by atoms with Gasteiger partial charge < -0.3 is 10.1 Å². The Kier molecular flexibility index (Phi) is 5.24. The van der Waals surface area contributed by atoms with E-state index in [-0.39, 0.29) is 17.8 Å². The number of halogens is 1. The molecular formula is C14H15FN2O4.